The van der Waals surface area contributed by atoms with Crippen molar-refractivity contribution in [1.82, 2.24) is 24.3 Å². The third-order valence-electron chi connectivity index (χ3n) is 8.04. The average Bonchev–Trinajstić information content (AvgIpc) is 3.47. The molecule has 190 valence electrons. The maximum atomic E-state index is 14.5. The summed E-state index contributed by atoms with van der Waals surface area (Å²) < 4.78 is 4.05. The first-order valence-electron chi connectivity index (χ1n) is 13.3. The molecule has 1 aliphatic carbocycles. The Morgan fingerprint density at radius 1 is 1.00 bits per heavy atom. The molecule has 0 unspecified atom stereocenters. The second kappa shape index (κ2) is 9.54. The fourth-order valence-corrected chi connectivity index (χ4v) is 6.02. The number of nitrogens with zero attached hydrogens (tertiary/aromatic N) is 4. The maximum Gasteiger partial charge on any atom is 0.274 e. The molecule has 4 aromatic rings. The summed E-state index contributed by atoms with van der Waals surface area (Å²) in [4.78, 5) is 34.8. The molecule has 1 saturated carbocycles. The van der Waals surface area contributed by atoms with Gasteiger partial charge in [0.25, 0.3) is 5.91 Å². The SMILES string of the molecule is C[C@]1(C(=O)NC2CCCCCC2)Cn2c(c(-n3cccc3)c3ccccc32)C(=O)N1Cc1ccccn1. The Bertz CT molecular complexity index is 1420. The lowest BCUT2D eigenvalue weighted by Crippen LogP contribution is -2.64. The van der Waals surface area contributed by atoms with Crippen molar-refractivity contribution in [3.05, 3.63) is 84.6 Å². The van der Waals surface area contributed by atoms with E-state index in [0.29, 0.717) is 12.2 Å². The maximum absolute atomic E-state index is 14.5. The molecule has 1 atom stereocenters. The molecule has 1 N–H and O–H groups in total. The van der Waals surface area contributed by atoms with Gasteiger partial charge < -0.3 is 19.4 Å². The average molecular weight is 496 g/mol. The van der Waals surface area contributed by atoms with Crippen molar-refractivity contribution >= 4 is 22.7 Å². The van der Waals surface area contributed by atoms with Crippen molar-refractivity contribution in [3.63, 3.8) is 0 Å². The Labute approximate surface area is 217 Å². The fraction of sp³-hybridized carbons (Fsp3) is 0.367. The minimum Gasteiger partial charge on any atom is -0.351 e. The van der Waals surface area contributed by atoms with Crippen LogP contribution in [0.1, 0.15) is 61.6 Å². The van der Waals surface area contributed by atoms with Crippen LogP contribution in [0.5, 0.6) is 0 Å². The number of aromatic nitrogens is 3. The lowest BCUT2D eigenvalue weighted by molar-refractivity contribution is -0.134. The summed E-state index contributed by atoms with van der Waals surface area (Å²) >= 11 is 0. The van der Waals surface area contributed by atoms with Crippen molar-refractivity contribution in [1.29, 1.82) is 0 Å². The number of para-hydroxylation sites is 1. The van der Waals surface area contributed by atoms with Crippen molar-refractivity contribution in [2.45, 2.75) is 70.1 Å². The van der Waals surface area contributed by atoms with Gasteiger partial charge in [0, 0.05) is 30.0 Å². The van der Waals surface area contributed by atoms with E-state index in [2.05, 4.69) is 20.9 Å². The van der Waals surface area contributed by atoms with Gasteiger partial charge in [-0.25, -0.2) is 0 Å². The summed E-state index contributed by atoms with van der Waals surface area (Å²) in [6, 6.07) is 17.8. The van der Waals surface area contributed by atoms with E-state index in [4.69, 9.17) is 0 Å². The first-order valence-corrected chi connectivity index (χ1v) is 13.3. The van der Waals surface area contributed by atoms with Crippen LogP contribution in [0.3, 0.4) is 0 Å². The van der Waals surface area contributed by atoms with Crippen molar-refractivity contribution in [3.8, 4) is 5.69 Å². The molecule has 7 heteroatoms. The topological polar surface area (TPSA) is 72.2 Å². The van der Waals surface area contributed by atoms with E-state index in [1.165, 1.54) is 12.8 Å². The van der Waals surface area contributed by atoms with Crippen LogP contribution in [-0.4, -0.2) is 42.4 Å². The summed E-state index contributed by atoms with van der Waals surface area (Å²) in [5.74, 6) is -0.245. The highest BCUT2D eigenvalue weighted by molar-refractivity contribution is 6.08. The predicted octanol–water partition coefficient (Wildman–Crippen LogP) is 5.08. The van der Waals surface area contributed by atoms with Crippen LogP contribution >= 0.6 is 0 Å². The third-order valence-corrected chi connectivity index (χ3v) is 8.04. The van der Waals surface area contributed by atoms with Gasteiger partial charge in [-0.3, -0.25) is 14.6 Å². The molecule has 0 bridgehead atoms. The van der Waals surface area contributed by atoms with Gasteiger partial charge in [-0.15, -0.1) is 0 Å². The minimum absolute atomic E-state index is 0.0883. The highest BCUT2D eigenvalue weighted by atomic mass is 16.2. The number of amides is 2. The molecule has 4 heterocycles. The molecule has 2 aliphatic rings. The Morgan fingerprint density at radius 3 is 2.46 bits per heavy atom. The van der Waals surface area contributed by atoms with Crippen molar-refractivity contribution in [2.75, 3.05) is 0 Å². The number of carbonyl (C=O) groups is 2. The Morgan fingerprint density at radius 2 is 1.73 bits per heavy atom. The Balaban J connectivity index is 1.48. The van der Waals surface area contributed by atoms with Crippen molar-refractivity contribution < 1.29 is 9.59 Å². The minimum atomic E-state index is -1.07. The van der Waals surface area contributed by atoms with E-state index >= 15 is 0 Å². The number of carbonyl (C=O) groups excluding carboxylic acids is 2. The standard InChI is InChI=1S/C30H33N5O2/c1-30(29(37)32-22-12-4-2-3-5-13-22)21-34-25-16-7-6-15-24(25)26(33-18-10-11-19-33)27(34)28(36)35(30)20-23-14-8-9-17-31-23/h6-11,14-19,22H,2-5,12-13,20-21H2,1H3,(H,32,37)/t30-/m1/s1. The summed E-state index contributed by atoms with van der Waals surface area (Å²) in [5.41, 5.74) is 2.11. The van der Waals surface area contributed by atoms with Gasteiger partial charge in [-0.1, -0.05) is 49.9 Å². The number of hydrogen-bond acceptors (Lipinski definition) is 3. The second-order valence-corrected chi connectivity index (χ2v) is 10.5. The number of fused-ring (bicyclic) bond motifs is 3. The smallest absolute Gasteiger partial charge is 0.274 e. The van der Waals surface area contributed by atoms with E-state index in [1.54, 1.807) is 11.1 Å². The number of hydrogen-bond donors (Lipinski definition) is 1. The predicted molar refractivity (Wildman–Crippen MR) is 143 cm³/mol. The molecule has 1 aromatic carbocycles. The number of nitrogens with one attached hydrogen (secondary N) is 1. The van der Waals surface area contributed by atoms with Gasteiger partial charge in [0.2, 0.25) is 5.91 Å². The van der Waals surface area contributed by atoms with Crippen LogP contribution in [0, 0.1) is 0 Å². The molecule has 37 heavy (non-hydrogen) atoms. The zero-order chi connectivity index (χ0) is 25.4. The van der Waals surface area contributed by atoms with Gasteiger partial charge in [-0.05, 0) is 50.1 Å². The number of rotatable bonds is 5. The fourth-order valence-electron chi connectivity index (χ4n) is 6.02. The molecule has 0 radical (unpaired) electrons. The van der Waals surface area contributed by atoms with E-state index in [-0.39, 0.29) is 24.4 Å². The highest BCUT2D eigenvalue weighted by Crippen LogP contribution is 2.38. The molecule has 3 aromatic heterocycles. The molecule has 2 amide bonds. The van der Waals surface area contributed by atoms with Gasteiger partial charge in [-0.2, -0.15) is 0 Å². The van der Waals surface area contributed by atoms with Gasteiger partial charge in [0.05, 0.1) is 30.0 Å². The molecule has 0 saturated heterocycles. The van der Waals surface area contributed by atoms with Crippen LogP contribution in [0.15, 0.2) is 73.2 Å². The molecular formula is C30H33N5O2. The summed E-state index contributed by atoms with van der Waals surface area (Å²) in [7, 11) is 0. The molecule has 7 nitrogen and oxygen atoms in total. The lowest BCUT2D eigenvalue weighted by atomic mass is 9.93. The van der Waals surface area contributed by atoms with E-state index in [9.17, 15) is 9.59 Å². The summed E-state index contributed by atoms with van der Waals surface area (Å²) in [6.45, 7) is 2.55. The monoisotopic (exact) mass is 495 g/mol. The van der Waals surface area contributed by atoms with Gasteiger partial charge in [0.15, 0.2) is 0 Å². The quantitative estimate of drug-likeness (QED) is 0.393. The Kier molecular flexibility index (Phi) is 6.07. The van der Waals surface area contributed by atoms with Crippen LogP contribution in [0.2, 0.25) is 0 Å². The zero-order valence-corrected chi connectivity index (χ0v) is 21.3. The van der Waals surface area contributed by atoms with Crippen molar-refractivity contribution in [2.24, 2.45) is 0 Å². The van der Waals surface area contributed by atoms with Crippen LogP contribution in [0.25, 0.3) is 16.6 Å². The van der Waals surface area contributed by atoms with Crippen LogP contribution < -0.4 is 5.32 Å². The Hall–Kier alpha value is -3.87. The van der Waals surface area contributed by atoms with Crippen LogP contribution in [-0.2, 0) is 17.9 Å². The van der Waals surface area contributed by atoms with Crippen LogP contribution in [0.4, 0.5) is 0 Å². The van der Waals surface area contributed by atoms with E-state index in [1.807, 2.05) is 72.4 Å². The molecular weight excluding hydrogens is 462 g/mol. The van der Waals surface area contributed by atoms with Gasteiger partial charge >= 0.3 is 0 Å². The third kappa shape index (κ3) is 4.12. The number of pyridine rings is 1. The molecule has 1 fully saturated rings. The number of benzene rings is 1. The normalized spacial score (nSPS) is 20.6. The highest BCUT2D eigenvalue weighted by Gasteiger charge is 2.49. The first-order chi connectivity index (χ1) is 18.1. The molecule has 0 spiro atoms. The summed E-state index contributed by atoms with van der Waals surface area (Å²) in [6.07, 6.45) is 12.3. The first kappa shape index (κ1) is 23.5. The van der Waals surface area contributed by atoms with E-state index < -0.39 is 5.54 Å². The second-order valence-electron chi connectivity index (χ2n) is 10.5. The largest absolute Gasteiger partial charge is 0.351 e. The zero-order valence-electron chi connectivity index (χ0n) is 21.3. The molecule has 1 aliphatic heterocycles. The lowest BCUT2D eigenvalue weighted by Gasteiger charge is -2.44. The summed E-state index contributed by atoms with van der Waals surface area (Å²) in [5, 5.41) is 4.34. The van der Waals surface area contributed by atoms with E-state index in [0.717, 1.165) is 48.0 Å². The van der Waals surface area contributed by atoms with Gasteiger partial charge in [0.1, 0.15) is 11.2 Å². The molecule has 6 rings (SSSR count).